The van der Waals surface area contributed by atoms with Gasteiger partial charge in [-0.2, -0.15) is 5.10 Å². The molecule has 0 aromatic carbocycles. The number of hydrogen-bond donors (Lipinski definition) is 1. The molecule has 0 bridgehead atoms. The second kappa shape index (κ2) is 5.88. The van der Waals surface area contributed by atoms with Crippen molar-refractivity contribution < 1.29 is 0 Å². The largest absolute Gasteiger partial charge is 0.310 e. The molecule has 3 nitrogen and oxygen atoms in total. The molecule has 0 saturated carbocycles. The topological polar surface area (TPSA) is 29.9 Å². The third-order valence-electron chi connectivity index (χ3n) is 2.07. The Morgan fingerprint density at radius 1 is 1.50 bits per heavy atom. The van der Waals surface area contributed by atoms with Crippen LogP contribution in [0.1, 0.15) is 18.3 Å². The number of alkyl halides is 1. The predicted molar refractivity (Wildman–Crippen MR) is 65.8 cm³/mol. The lowest BCUT2D eigenvalue weighted by Gasteiger charge is -2.03. The average Bonchev–Trinajstić information content (AvgIpc) is 2.45. The molecular weight excluding hydrogens is 310 g/mol. The number of rotatable bonds is 5. The zero-order valence-corrected chi connectivity index (χ0v) is 11.7. The number of aromatic nitrogens is 2. The molecule has 1 rings (SSSR count). The lowest BCUT2D eigenvalue weighted by molar-refractivity contribution is 0.640. The van der Waals surface area contributed by atoms with Crippen molar-refractivity contribution in [1.29, 1.82) is 0 Å². The maximum absolute atomic E-state index is 4.43. The summed E-state index contributed by atoms with van der Waals surface area (Å²) in [4.78, 5) is 0. The van der Waals surface area contributed by atoms with Gasteiger partial charge in [0, 0.05) is 25.5 Å². The number of halogens is 2. The van der Waals surface area contributed by atoms with Crippen molar-refractivity contribution in [2.45, 2.75) is 19.9 Å². The van der Waals surface area contributed by atoms with E-state index < -0.39 is 0 Å². The average molecular weight is 325 g/mol. The van der Waals surface area contributed by atoms with Crippen LogP contribution in [-0.4, -0.2) is 21.7 Å². The van der Waals surface area contributed by atoms with Crippen LogP contribution in [0.4, 0.5) is 0 Å². The number of nitrogens with zero attached hydrogens (tertiary/aromatic N) is 2. The Morgan fingerprint density at radius 2 is 2.21 bits per heavy atom. The molecule has 0 atom stereocenters. The fraction of sp³-hybridized carbons (Fsp3) is 0.667. The first-order valence-electron chi connectivity index (χ1n) is 4.67. The van der Waals surface area contributed by atoms with Crippen LogP contribution < -0.4 is 5.32 Å². The van der Waals surface area contributed by atoms with Crippen LogP contribution in [0, 0.1) is 0 Å². The van der Waals surface area contributed by atoms with Gasteiger partial charge in [-0.05, 0) is 22.4 Å². The van der Waals surface area contributed by atoms with E-state index >= 15 is 0 Å². The fourth-order valence-corrected chi connectivity index (χ4v) is 2.32. The molecule has 1 aromatic heterocycles. The highest BCUT2D eigenvalue weighted by Crippen LogP contribution is 2.21. The Bertz CT molecular complexity index is 296. The van der Waals surface area contributed by atoms with Gasteiger partial charge in [-0.15, -0.1) is 0 Å². The third-order valence-corrected chi connectivity index (χ3v) is 3.38. The SMILES string of the molecule is CCc1nn(C)c(CNCCBr)c1Br. The van der Waals surface area contributed by atoms with Gasteiger partial charge in [0.1, 0.15) is 0 Å². The van der Waals surface area contributed by atoms with Gasteiger partial charge in [-0.3, -0.25) is 4.68 Å². The van der Waals surface area contributed by atoms with Gasteiger partial charge in [0.2, 0.25) is 0 Å². The van der Waals surface area contributed by atoms with Gasteiger partial charge < -0.3 is 5.32 Å². The maximum Gasteiger partial charge on any atom is 0.0767 e. The van der Waals surface area contributed by atoms with Crippen molar-refractivity contribution in [3.63, 3.8) is 0 Å². The van der Waals surface area contributed by atoms with Crippen molar-refractivity contribution in [2.75, 3.05) is 11.9 Å². The summed E-state index contributed by atoms with van der Waals surface area (Å²) in [5.41, 5.74) is 2.34. The predicted octanol–water partition coefficient (Wildman–Crippen LogP) is 2.23. The molecule has 14 heavy (non-hydrogen) atoms. The number of hydrogen-bond acceptors (Lipinski definition) is 2. The highest BCUT2D eigenvalue weighted by atomic mass is 79.9. The molecule has 0 saturated heterocycles. The summed E-state index contributed by atoms with van der Waals surface area (Å²) in [6, 6.07) is 0. The van der Waals surface area contributed by atoms with Crippen molar-refractivity contribution in [2.24, 2.45) is 7.05 Å². The van der Waals surface area contributed by atoms with Crippen molar-refractivity contribution in [1.82, 2.24) is 15.1 Å². The second-order valence-corrected chi connectivity index (χ2v) is 4.64. The summed E-state index contributed by atoms with van der Waals surface area (Å²) in [5.74, 6) is 0. The van der Waals surface area contributed by atoms with E-state index in [0.29, 0.717) is 0 Å². The van der Waals surface area contributed by atoms with Gasteiger partial charge in [0.25, 0.3) is 0 Å². The van der Waals surface area contributed by atoms with Gasteiger partial charge in [-0.1, -0.05) is 22.9 Å². The van der Waals surface area contributed by atoms with Gasteiger partial charge in [0.05, 0.1) is 15.9 Å². The summed E-state index contributed by atoms with van der Waals surface area (Å²) in [6.45, 7) is 3.94. The van der Waals surface area contributed by atoms with E-state index in [4.69, 9.17) is 0 Å². The Balaban J connectivity index is 2.70. The lowest BCUT2D eigenvalue weighted by Crippen LogP contribution is -2.17. The lowest BCUT2D eigenvalue weighted by atomic mass is 10.3. The molecule has 1 heterocycles. The van der Waals surface area contributed by atoms with Crippen LogP contribution in [0.3, 0.4) is 0 Å². The Labute approximate surface area is 102 Å². The first-order chi connectivity index (χ1) is 6.70. The Kier molecular flexibility index (Phi) is 5.12. The minimum atomic E-state index is 0.857. The van der Waals surface area contributed by atoms with Gasteiger partial charge in [-0.25, -0.2) is 0 Å². The molecule has 0 aliphatic rings. The molecule has 1 N–H and O–H groups in total. The van der Waals surface area contributed by atoms with Crippen LogP contribution in [0.5, 0.6) is 0 Å². The van der Waals surface area contributed by atoms with E-state index in [1.165, 1.54) is 5.69 Å². The smallest absolute Gasteiger partial charge is 0.0767 e. The zero-order valence-electron chi connectivity index (χ0n) is 8.48. The summed E-state index contributed by atoms with van der Waals surface area (Å²) in [6.07, 6.45) is 0.965. The minimum Gasteiger partial charge on any atom is -0.310 e. The highest BCUT2D eigenvalue weighted by molar-refractivity contribution is 9.10. The molecule has 0 unspecified atom stereocenters. The Hall–Kier alpha value is 0.130. The van der Waals surface area contributed by atoms with Crippen LogP contribution in [-0.2, 0) is 20.0 Å². The van der Waals surface area contributed by atoms with E-state index in [1.807, 2.05) is 11.7 Å². The third kappa shape index (κ3) is 2.81. The van der Waals surface area contributed by atoms with Gasteiger partial charge >= 0.3 is 0 Å². The van der Waals surface area contributed by atoms with E-state index in [2.05, 4.69) is 49.2 Å². The summed E-state index contributed by atoms with van der Waals surface area (Å²) < 4.78 is 3.08. The molecule has 0 amide bonds. The number of aryl methyl sites for hydroxylation is 2. The first-order valence-corrected chi connectivity index (χ1v) is 6.59. The quantitative estimate of drug-likeness (QED) is 0.665. The fourth-order valence-electron chi connectivity index (χ4n) is 1.29. The zero-order chi connectivity index (χ0) is 10.6. The second-order valence-electron chi connectivity index (χ2n) is 3.05. The minimum absolute atomic E-state index is 0.857. The highest BCUT2D eigenvalue weighted by Gasteiger charge is 2.11. The van der Waals surface area contributed by atoms with Crippen molar-refractivity contribution >= 4 is 31.9 Å². The summed E-state index contributed by atoms with van der Waals surface area (Å²) >= 11 is 6.96. The van der Waals surface area contributed by atoms with Crippen LogP contribution in [0.25, 0.3) is 0 Å². The van der Waals surface area contributed by atoms with Crippen LogP contribution in [0.15, 0.2) is 4.47 Å². The molecule has 0 aliphatic heterocycles. The molecule has 80 valence electrons. The van der Waals surface area contributed by atoms with Crippen molar-refractivity contribution in [3.05, 3.63) is 15.9 Å². The molecular formula is C9H15Br2N3. The van der Waals surface area contributed by atoms with Crippen LogP contribution >= 0.6 is 31.9 Å². The first kappa shape index (κ1) is 12.2. The molecule has 0 spiro atoms. The van der Waals surface area contributed by atoms with Crippen LogP contribution in [0.2, 0.25) is 0 Å². The standard InChI is InChI=1S/C9H15Br2N3/c1-3-7-9(11)8(14(2)13-7)6-12-5-4-10/h12H,3-6H2,1-2H3. The van der Waals surface area contributed by atoms with E-state index in [0.717, 1.165) is 35.0 Å². The molecule has 0 radical (unpaired) electrons. The molecule has 0 aliphatic carbocycles. The van der Waals surface area contributed by atoms with E-state index in [9.17, 15) is 0 Å². The van der Waals surface area contributed by atoms with Gasteiger partial charge in [0.15, 0.2) is 0 Å². The van der Waals surface area contributed by atoms with E-state index in [1.54, 1.807) is 0 Å². The molecule has 5 heteroatoms. The Morgan fingerprint density at radius 3 is 2.71 bits per heavy atom. The number of nitrogens with one attached hydrogen (secondary N) is 1. The molecule has 0 fully saturated rings. The monoisotopic (exact) mass is 323 g/mol. The maximum atomic E-state index is 4.43. The summed E-state index contributed by atoms with van der Waals surface area (Å²) in [7, 11) is 1.98. The molecule has 1 aromatic rings. The van der Waals surface area contributed by atoms with Crippen molar-refractivity contribution in [3.8, 4) is 0 Å². The normalized spacial score (nSPS) is 10.9. The van der Waals surface area contributed by atoms with E-state index in [-0.39, 0.29) is 0 Å². The summed E-state index contributed by atoms with van der Waals surface area (Å²) in [5, 5.41) is 8.73.